The summed E-state index contributed by atoms with van der Waals surface area (Å²) in [5.41, 5.74) is 3.15. The lowest BCUT2D eigenvalue weighted by Crippen LogP contribution is -2.40. The summed E-state index contributed by atoms with van der Waals surface area (Å²) >= 11 is 4.60. The van der Waals surface area contributed by atoms with Crippen LogP contribution in [0.4, 0.5) is 5.69 Å². The number of rotatable bonds is 6. The Labute approximate surface area is 247 Å². The molecule has 1 aromatic heterocycles. The van der Waals surface area contributed by atoms with E-state index in [1.165, 1.54) is 4.57 Å². The largest absolute Gasteiger partial charge is 0.494 e. The molecule has 3 aromatic carbocycles. The molecule has 41 heavy (non-hydrogen) atoms. The van der Waals surface area contributed by atoms with Gasteiger partial charge in [-0.25, -0.2) is 9.79 Å². The number of thiazole rings is 1. The zero-order chi connectivity index (χ0) is 28.7. The number of hydrogen-bond acceptors (Lipinski definition) is 7. The van der Waals surface area contributed by atoms with Crippen LogP contribution in [0.5, 0.6) is 5.75 Å². The van der Waals surface area contributed by atoms with E-state index in [1.807, 2.05) is 61.5 Å². The number of aromatic nitrogens is 1. The van der Waals surface area contributed by atoms with Crippen molar-refractivity contribution < 1.29 is 19.1 Å². The lowest BCUT2D eigenvalue weighted by molar-refractivity contribution is -0.138. The van der Waals surface area contributed by atoms with Crippen molar-refractivity contribution in [2.75, 3.05) is 18.5 Å². The van der Waals surface area contributed by atoms with Crippen molar-refractivity contribution in [2.45, 2.75) is 19.9 Å². The van der Waals surface area contributed by atoms with E-state index in [-0.39, 0.29) is 28.2 Å². The molecular weight excluding hydrogens is 606 g/mol. The summed E-state index contributed by atoms with van der Waals surface area (Å²) in [6, 6.07) is 21.2. The fourth-order valence-electron chi connectivity index (χ4n) is 5.08. The molecule has 4 aromatic rings. The van der Waals surface area contributed by atoms with Crippen molar-refractivity contribution >= 4 is 56.1 Å². The molecule has 2 aliphatic rings. The van der Waals surface area contributed by atoms with E-state index in [1.54, 1.807) is 25.1 Å². The second-order valence-corrected chi connectivity index (χ2v) is 11.2. The number of hydrogen-bond donors (Lipinski definition) is 1. The number of nitrogens with one attached hydrogen (secondary N) is 1. The summed E-state index contributed by atoms with van der Waals surface area (Å²) in [4.78, 5) is 46.3. The molecular formula is C31H24BrN3O5S. The summed E-state index contributed by atoms with van der Waals surface area (Å²) in [5, 5.41) is 2.85. The highest BCUT2D eigenvalue weighted by Gasteiger charge is 2.36. The molecule has 1 N–H and O–H groups in total. The van der Waals surface area contributed by atoms with E-state index in [0.717, 1.165) is 15.8 Å². The number of ether oxygens (including phenoxy) is 2. The van der Waals surface area contributed by atoms with Crippen LogP contribution in [0.25, 0.3) is 11.3 Å². The van der Waals surface area contributed by atoms with Crippen molar-refractivity contribution in [3.05, 3.63) is 119 Å². The first-order chi connectivity index (χ1) is 19.9. The van der Waals surface area contributed by atoms with Crippen molar-refractivity contribution in [2.24, 2.45) is 4.99 Å². The van der Waals surface area contributed by atoms with Crippen LogP contribution in [0.3, 0.4) is 0 Å². The van der Waals surface area contributed by atoms with Crippen molar-refractivity contribution in [3.8, 4) is 5.75 Å². The average Bonchev–Trinajstić information content (AvgIpc) is 3.47. The van der Waals surface area contributed by atoms with Gasteiger partial charge in [0.2, 0.25) is 0 Å². The predicted octanol–water partition coefficient (Wildman–Crippen LogP) is 4.42. The molecule has 206 valence electrons. The van der Waals surface area contributed by atoms with E-state index in [0.29, 0.717) is 45.2 Å². The molecule has 0 saturated heterocycles. The van der Waals surface area contributed by atoms with Gasteiger partial charge in [0, 0.05) is 21.3 Å². The van der Waals surface area contributed by atoms with E-state index in [4.69, 9.17) is 14.5 Å². The van der Waals surface area contributed by atoms with Crippen LogP contribution in [0.1, 0.15) is 36.6 Å². The Hall–Kier alpha value is -4.28. The molecule has 3 heterocycles. The van der Waals surface area contributed by atoms with Crippen molar-refractivity contribution in [1.82, 2.24) is 4.57 Å². The summed E-state index contributed by atoms with van der Waals surface area (Å²) in [6.45, 7) is 4.29. The number of benzene rings is 3. The Morgan fingerprint density at radius 3 is 2.49 bits per heavy atom. The van der Waals surface area contributed by atoms with Crippen LogP contribution >= 0.6 is 27.3 Å². The van der Waals surface area contributed by atoms with E-state index >= 15 is 0 Å². The highest BCUT2D eigenvalue weighted by molar-refractivity contribution is 9.10. The zero-order valence-electron chi connectivity index (χ0n) is 22.1. The molecule has 0 bridgehead atoms. The van der Waals surface area contributed by atoms with E-state index < -0.39 is 17.6 Å². The minimum absolute atomic E-state index is 0.154. The Kier molecular flexibility index (Phi) is 7.19. The molecule has 1 amide bonds. The minimum Gasteiger partial charge on any atom is -0.494 e. The average molecular weight is 631 g/mol. The van der Waals surface area contributed by atoms with Gasteiger partial charge in [0.15, 0.2) is 4.80 Å². The minimum atomic E-state index is -0.850. The number of nitrogens with zero attached hydrogens (tertiary/aromatic N) is 2. The van der Waals surface area contributed by atoms with Gasteiger partial charge in [-0.15, -0.1) is 0 Å². The molecule has 0 saturated carbocycles. The van der Waals surface area contributed by atoms with Gasteiger partial charge < -0.3 is 14.8 Å². The van der Waals surface area contributed by atoms with Crippen molar-refractivity contribution in [1.29, 1.82) is 0 Å². The van der Waals surface area contributed by atoms with Gasteiger partial charge in [0.1, 0.15) is 10.3 Å². The Balaban J connectivity index is 1.69. The molecule has 0 fully saturated rings. The third-order valence-corrected chi connectivity index (χ3v) is 8.36. The molecule has 2 aliphatic heterocycles. The molecule has 0 spiro atoms. The summed E-state index contributed by atoms with van der Waals surface area (Å²) in [7, 11) is 0. The molecule has 0 radical (unpaired) electrons. The van der Waals surface area contributed by atoms with Gasteiger partial charge in [-0.3, -0.25) is 14.2 Å². The van der Waals surface area contributed by atoms with Gasteiger partial charge in [0.25, 0.3) is 11.5 Å². The number of anilines is 1. The third kappa shape index (κ3) is 4.72. The number of carbonyl (C=O) groups is 2. The van der Waals surface area contributed by atoms with Crippen LogP contribution in [-0.4, -0.2) is 29.7 Å². The first kappa shape index (κ1) is 26.9. The summed E-state index contributed by atoms with van der Waals surface area (Å²) in [6.07, 6.45) is 0. The maximum absolute atomic E-state index is 14.3. The smallest absolute Gasteiger partial charge is 0.338 e. The van der Waals surface area contributed by atoms with E-state index in [9.17, 15) is 14.4 Å². The fraction of sp³-hybridized carbons (Fsp3) is 0.161. The normalized spacial score (nSPS) is 17.0. The zero-order valence-corrected chi connectivity index (χ0v) is 24.5. The van der Waals surface area contributed by atoms with Crippen LogP contribution in [0.15, 0.2) is 92.6 Å². The number of fused-ring (bicyclic) bond motifs is 2. The first-order valence-electron chi connectivity index (χ1n) is 13.1. The Morgan fingerprint density at radius 2 is 1.78 bits per heavy atom. The highest BCUT2D eigenvalue weighted by Crippen LogP contribution is 2.36. The lowest BCUT2D eigenvalue weighted by atomic mass is 9.93. The van der Waals surface area contributed by atoms with Crippen LogP contribution in [-0.2, 0) is 14.3 Å². The number of carbonyl (C=O) groups excluding carboxylic acids is 2. The van der Waals surface area contributed by atoms with Gasteiger partial charge in [-0.05, 0) is 49.7 Å². The monoisotopic (exact) mass is 629 g/mol. The molecule has 0 aliphatic carbocycles. The second kappa shape index (κ2) is 10.9. The van der Waals surface area contributed by atoms with Crippen molar-refractivity contribution in [3.63, 3.8) is 0 Å². The highest BCUT2D eigenvalue weighted by atomic mass is 79.9. The third-order valence-electron chi connectivity index (χ3n) is 6.81. The summed E-state index contributed by atoms with van der Waals surface area (Å²) in [5.74, 6) is -0.269. The van der Waals surface area contributed by atoms with Crippen LogP contribution < -0.4 is 24.9 Å². The number of amides is 1. The SMILES string of the molecule is CCOC(=O)C1=C(c2ccccc2)N=c2s/c(=C3/C(=O)Nc4ccc(Br)cc43)c(=O)n2[C@H]1c1ccc(OCC)cc1. The fourth-order valence-corrected chi connectivity index (χ4v) is 6.54. The van der Waals surface area contributed by atoms with E-state index in [2.05, 4.69) is 21.2 Å². The maximum Gasteiger partial charge on any atom is 0.338 e. The van der Waals surface area contributed by atoms with Crippen LogP contribution in [0, 0.1) is 0 Å². The maximum atomic E-state index is 14.3. The molecule has 8 nitrogen and oxygen atoms in total. The molecule has 1 atom stereocenters. The topological polar surface area (TPSA) is 99.0 Å². The standard InChI is InChI=1S/C31H24BrN3O5S/c1-3-39-20-13-10-18(11-14-20)26-24(30(38)40-4-2)25(17-8-6-5-7-9-17)34-31-35(26)29(37)27(41-31)23-21-16-19(32)12-15-22(21)33-28(23)36/h5-16,26H,3-4H2,1-2H3,(H,33,36)/b27-23+/t26-/m0/s1. The van der Waals surface area contributed by atoms with Gasteiger partial charge in [-0.1, -0.05) is 69.7 Å². The Morgan fingerprint density at radius 1 is 1.02 bits per heavy atom. The lowest BCUT2D eigenvalue weighted by Gasteiger charge is -2.26. The second-order valence-electron chi connectivity index (χ2n) is 9.27. The summed E-state index contributed by atoms with van der Waals surface area (Å²) < 4.78 is 13.7. The number of halogens is 1. The molecule has 10 heteroatoms. The van der Waals surface area contributed by atoms with Crippen LogP contribution in [0.2, 0.25) is 0 Å². The molecule has 0 unspecified atom stereocenters. The van der Waals surface area contributed by atoms with Gasteiger partial charge in [0.05, 0.1) is 36.1 Å². The predicted molar refractivity (Wildman–Crippen MR) is 160 cm³/mol. The molecule has 6 rings (SSSR count). The van der Waals surface area contributed by atoms with Gasteiger partial charge in [-0.2, -0.15) is 0 Å². The Bertz CT molecular complexity index is 1910. The number of esters is 1. The van der Waals surface area contributed by atoms with Gasteiger partial charge >= 0.3 is 5.97 Å². The first-order valence-corrected chi connectivity index (χ1v) is 14.7. The quantitative estimate of drug-likeness (QED) is 0.318.